The zero-order chi connectivity index (χ0) is 19.7. The average Bonchev–Trinajstić information content (AvgIpc) is 3.35. The van der Waals surface area contributed by atoms with Gasteiger partial charge in [0.25, 0.3) is 0 Å². The molecular weight excluding hydrogens is 392 g/mol. The summed E-state index contributed by atoms with van der Waals surface area (Å²) in [6.45, 7) is 0. The molecule has 0 aliphatic heterocycles. The van der Waals surface area contributed by atoms with E-state index in [2.05, 4.69) is 36.4 Å². The molecule has 146 valence electrons. The van der Waals surface area contributed by atoms with Crippen molar-refractivity contribution in [3.05, 3.63) is 58.7 Å². The smallest absolute Gasteiger partial charge is 0.309 e. The van der Waals surface area contributed by atoms with Crippen molar-refractivity contribution in [2.45, 2.75) is 35.5 Å². The Morgan fingerprint density at radius 3 is 1.57 bits per heavy atom. The summed E-state index contributed by atoms with van der Waals surface area (Å²) in [4.78, 5) is 26.3. The van der Waals surface area contributed by atoms with Gasteiger partial charge in [0.15, 0.2) is 0 Å². The van der Waals surface area contributed by atoms with Crippen LogP contribution in [0.3, 0.4) is 0 Å². The third-order valence-corrected chi connectivity index (χ3v) is 8.12. The van der Waals surface area contributed by atoms with Gasteiger partial charge in [0, 0.05) is 9.79 Å². The molecule has 0 N–H and O–H groups in total. The highest BCUT2D eigenvalue weighted by Crippen LogP contribution is 2.46. The number of ether oxygens (including phenoxy) is 2. The molecule has 2 aliphatic carbocycles. The van der Waals surface area contributed by atoms with E-state index < -0.39 is 0 Å². The predicted molar refractivity (Wildman–Crippen MR) is 110 cm³/mol. The zero-order valence-electron chi connectivity index (χ0n) is 15.9. The first-order chi connectivity index (χ1) is 13.6. The largest absolute Gasteiger partial charge is 0.469 e. The van der Waals surface area contributed by atoms with Crippen LogP contribution in [0.4, 0.5) is 0 Å². The Kier molecular flexibility index (Phi) is 5.69. The summed E-state index contributed by atoms with van der Waals surface area (Å²) in [6.07, 6.45) is 2.98. The van der Waals surface area contributed by atoms with Gasteiger partial charge in [0.2, 0.25) is 0 Å². The summed E-state index contributed by atoms with van der Waals surface area (Å²) in [5.74, 6) is -0.411. The molecule has 28 heavy (non-hydrogen) atoms. The first-order valence-corrected chi connectivity index (χ1v) is 11.5. The molecule has 2 atom stereocenters. The number of fused-ring (bicyclic) bond motifs is 2. The first kappa shape index (κ1) is 19.4. The molecule has 2 aromatic rings. The van der Waals surface area contributed by atoms with Crippen molar-refractivity contribution in [3.8, 4) is 0 Å². The van der Waals surface area contributed by atoms with Crippen LogP contribution in [0.15, 0.2) is 46.2 Å². The Bertz CT molecular complexity index is 849. The number of hydrogen-bond acceptors (Lipinski definition) is 6. The normalized spacial score (nSPS) is 19.8. The molecule has 6 heteroatoms. The van der Waals surface area contributed by atoms with Crippen LogP contribution in [-0.2, 0) is 44.7 Å². The summed E-state index contributed by atoms with van der Waals surface area (Å²) in [5, 5.41) is 0. The SMILES string of the molecule is COC(=O)C1Cc2cccc(SSc3cccc4c3CC(C(=O)OC)C4)c2C1. The second-order valence-electron chi connectivity index (χ2n) is 7.21. The number of hydrogen-bond donors (Lipinski definition) is 0. The third-order valence-electron chi connectivity index (χ3n) is 5.58. The molecule has 0 radical (unpaired) electrons. The molecule has 0 bridgehead atoms. The van der Waals surface area contributed by atoms with Gasteiger partial charge < -0.3 is 9.47 Å². The van der Waals surface area contributed by atoms with Gasteiger partial charge in [-0.1, -0.05) is 45.9 Å². The highest BCUT2D eigenvalue weighted by atomic mass is 33.1. The maximum absolute atomic E-state index is 11.9. The van der Waals surface area contributed by atoms with Gasteiger partial charge in [-0.15, -0.1) is 0 Å². The molecular formula is C22H22O4S2. The van der Waals surface area contributed by atoms with Gasteiger partial charge >= 0.3 is 11.9 Å². The molecule has 0 amide bonds. The van der Waals surface area contributed by atoms with E-state index in [1.165, 1.54) is 46.3 Å². The van der Waals surface area contributed by atoms with E-state index >= 15 is 0 Å². The summed E-state index contributed by atoms with van der Waals surface area (Å²) in [5.41, 5.74) is 5.00. The number of carbonyl (C=O) groups is 2. The van der Waals surface area contributed by atoms with Crippen molar-refractivity contribution in [3.63, 3.8) is 0 Å². The minimum atomic E-state index is -0.130. The fraction of sp³-hybridized carbons (Fsp3) is 0.364. The van der Waals surface area contributed by atoms with Gasteiger partial charge in [-0.25, -0.2) is 0 Å². The van der Waals surface area contributed by atoms with Crippen LogP contribution in [0.2, 0.25) is 0 Å². The van der Waals surface area contributed by atoms with E-state index in [9.17, 15) is 9.59 Å². The number of esters is 2. The van der Waals surface area contributed by atoms with Crippen LogP contribution in [0, 0.1) is 11.8 Å². The molecule has 0 saturated carbocycles. The van der Waals surface area contributed by atoms with E-state index in [-0.39, 0.29) is 23.8 Å². The lowest BCUT2D eigenvalue weighted by Crippen LogP contribution is -2.16. The molecule has 0 heterocycles. The third kappa shape index (κ3) is 3.67. The minimum absolute atomic E-state index is 0.0754. The minimum Gasteiger partial charge on any atom is -0.469 e. The van der Waals surface area contributed by atoms with Gasteiger partial charge in [-0.2, -0.15) is 0 Å². The lowest BCUT2D eigenvalue weighted by atomic mass is 10.1. The maximum Gasteiger partial charge on any atom is 0.309 e. The molecule has 0 saturated heterocycles. The van der Waals surface area contributed by atoms with E-state index in [1.807, 2.05) is 0 Å². The van der Waals surface area contributed by atoms with Gasteiger partial charge in [0.1, 0.15) is 0 Å². The predicted octanol–water partition coefficient (Wildman–Crippen LogP) is 4.26. The number of benzene rings is 2. The second-order valence-corrected chi connectivity index (χ2v) is 9.42. The van der Waals surface area contributed by atoms with Crippen molar-refractivity contribution < 1.29 is 19.1 Å². The second kappa shape index (κ2) is 8.21. The lowest BCUT2D eigenvalue weighted by Gasteiger charge is -2.10. The fourth-order valence-corrected chi connectivity index (χ4v) is 6.70. The Hall–Kier alpha value is -1.92. The summed E-state index contributed by atoms with van der Waals surface area (Å²) < 4.78 is 9.87. The fourth-order valence-electron chi connectivity index (χ4n) is 4.15. The van der Waals surface area contributed by atoms with Crippen LogP contribution in [0.1, 0.15) is 22.3 Å². The topological polar surface area (TPSA) is 52.6 Å². The average molecular weight is 415 g/mol. The number of methoxy groups -OCH3 is 2. The molecule has 0 fully saturated rings. The van der Waals surface area contributed by atoms with Crippen molar-refractivity contribution in [2.24, 2.45) is 11.8 Å². The lowest BCUT2D eigenvalue weighted by molar-refractivity contribution is -0.145. The van der Waals surface area contributed by atoms with E-state index in [4.69, 9.17) is 9.47 Å². The van der Waals surface area contributed by atoms with Gasteiger partial charge in [-0.05, 0) is 60.1 Å². The van der Waals surface area contributed by atoms with E-state index in [1.54, 1.807) is 21.6 Å². The van der Waals surface area contributed by atoms with Crippen molar-refractivity contribution in [2.75, 3.05) is 14.2 Å². The molecule has 4 nitrogen and oxygen atoms in total. The van der Waals surface area contributed by atoms with Crippen LogP contribution in [0.25, 0.3) is 0 Å². The van der Waals surface area contributed by atoms with Gasteiger partial charge in [-0.3, -0.25) is 9.59 Å². The van der Waals surface area contributed by atoms with Crippen molar-refractivity contribution >= 4 is 33.5 Å². The van der Waals surface area contributed by atoms with Crippen molar-refractivity contribution in [1.29, 1.82) is 0 Å². The molecule has 2 unspecified atom stereocenters. The highest BCUT2D eigenvalue weighted by molar-refractivity contribution is 8.76. The Morgan fingerprint density at radius 1 is 0.750 bits per heavy atom. The number of carbonyl (C=O) groups excluding carboxylic acids is 2. The molecule has 2 aromatic carbocycles. The van der Waals surface area contributed by atoms with Crippen LogP contribution in [-0.4, -0.2) is 26.2 Å². The Balaban J connectivity index is 1.50. The Labute approximate surface area is 172 Å². The van der Waals surface area contributed by atoms with Crippen LogP contribution >= 0.6 is 21.6 Å². The summed E-state index contributed by atoms with van der Waals surface area (Å²) in [6, 6.07) is 12.6. The highest BCUT2D eigenvalue weighted by Gasteiger charge is 2.31. The summed E-state index contributed by atoms with van der Waals surface area (Å²) >= 11 is 0. The van der Waals surface area contributed by atoms with E-state index in [0.29, 0.717) is 0 Å². The van der Waals surface area contributed by atoms with Gasteiger partial charge in [0.05, 0.1) is 26.1 Å². The molecule has 4 rings (SSSR count). The molecule has 0 aromatic heterocycles. The first-order valence-electron chi connectivity index (χ1n) is 9.32. The standard InChI is InChI=1S/C22H22O4S2/c1-25-21(23)15-9-13-5-3-7-19(17(13)11-15)27-28-20-8-4-6-14-10-16(12-18(14)20)22(24)26-2/h3-8,15-16H,9-12H2,1-2H3. The Morgan fingerprint density at radius 2 is 1.18 bits per heavy atom. The molecule has 2 aliphatic rings. The van der Waals surface area contributed by atoms with Crippen LogP contribution in [0.5, 0.6) is 0 Å². The van der Waals surface area contributed by atoms with Crippen molar-refractivity contribution in [1.82, 2.24) is 0 Å². The van der Waals surface area contributed by atoms with Crippen LogP contribution < -0.4 is 0 Å². The molecule has 0 spiro atoms. The summed E-state index contributed by atoms with van der Waals surface area (Å²) in [7, 11) is 6.37. The quantitative estimate of drug-likeness (QED) is 0.538. The monoisotopic (exact) mass is 414 g/mol. The number of rotatable bonds is 5. The van der Waals surface area contributed by atoms with E-state index in [0.717, 1.165) is 25.7 Å². The zero-order valence-corrected chi connectivity index (χ0v) is 17.5. The maximum atomic E-state index is 11.9.